The van der Waals surface area contributed by atoms with Crippen LogP contribution in [0.5, 0.6) is 0 Å². The highest BCUT2D eigenvalue weighted by molar-refractivity contribution is 5.33. The molecule has 2 rings (SSSR count). The predicted octanol–water partition coefficient (Wildman–Crippen LogP) is 1.85. The van der Waals surface area contributed by atoms with Crippen molar-refractivity contribution >= 4 is 0 Å². The molecule has 0 unspecified atom stereocenters. The van der Waals surface area contributed by atoms with E-state index in [1.807, 2.05) is 6.20 Å². The van der Waals surface area contributed by atoms with E-state index in [4.69, 9.17) is 0 Å². The van der Waals surface area contributed by atoms with E-state index in [2.05, 4.69) is 30.2 Å². The van der Waals surface area contributed by atoms with Crippen molar-refractivity contribution in [3.8, 4) is 0 Å². The number of nitrogens with zero attached hydrogens (tertiary/aromatic N) is 1. The third kappa shape index (κ3) is 1.59. The topological polar surface area (TPSA) is 24.9 Å². The van der Waals surface area contributed by atoms with Crippen LogP contribution in [0.3, 0.4) is 0 Å². The molecule has 1 aliphatic rings. The van der Waals surface area contributed by atoms with Gasteiger partial charge < -0.3 is 5.32 Å². The van der Waals surface area contributed by atoms with Crippen LogP contribution in [0.4, 0.5) is 0 Å². The monoisotopic (exact) mass is 176 g/mol. The van der Waals surface area contributed by atoms with E-state index in [0.29, 0.717) is 5.92 Å². The number of rotatable bonds is 1. The number of hydrogen-bond donors (Lipinski definition) is 1. The van der Waals surface area contributed by atoms with Gasteiger partial charge in [-0.05, 0) is 23.1 Å². The smallest absolute Gasteiger partial charge is 0.0464 e. The summed E-state index contributed by atoms with van der Waals surface area (Å²) in [5, 5.41) is 3.40. The molecule has 13 heavy (non-hydrogen) atoms. The zero-order valence-electron chi connectivity index (χ0n) is 8.30. The standard InChI is InChI=1S/C11H16N2/c1-8(2)9-3-6-13-11-4-5-12-7-10(9)11/h3,6,8,12H,4-5,7H2,1-2H3. The third-order valence-electron chi connectivity index (χ3n) is 2.64. The lowest BCUT2D eigenvalue weighted by atomic mass is 9.94. The fourth-order valence-corrected chi connectivity index (χ4v) is 1.93. The van der Waals surface area contributed by atoms with Crippen LogP contribution in [0.25, 0.3) is 0 Å². The molecule has 1 N–H and O–H groups in total. The number of aromatic nitrogens is 1. The van der Waals surface area contributed by atoms with Gasteiger partial charge in [-0.1, -0.05) is 13.8 Å². The highest BCUT2D eigenvalue weighted by Crippen LogP contribution is 2.22. The van der Waals surface area contributed by atoms with Crippen molar-refractivity contribution in [2.75, 3.05) is 6.54 Å². The van der Waals surface area contributed by atoms with Gasteiger partial charge in [0.25, 0.3) is 0 Å². The molecule has 0 atom stereocenters. The second kappa shape index (κ2) is 3.46. The lowest BCUT2D eigenvalue weighted by Gasteiger charge is -2.20. The Balaban J connectivity index is 2.46. The van der Waals surface area contributed by atoms with Crippen molar-refractivity contribution in [1.82, 2.24) is 10.3 Å². The Morgan fingerprint density at radius 3 is 3.08 bits per heavy atom. The summed E-state index contributed by atoms with van der Waals surface area (Å²) in [5.74, 6) is 0.608. The van der Waals surface area contributed by atoms with E-state index in [-0.39, 0.29) is 0 Å². The molecule has 0 aliphatic carbocycles. The molecule has 0 spiro atoms. The zero-order chi connectivity index (χ0) is 9.26. The second-order valence-electron chi connectivity index (χ2n) is 3.91. The van der Waals surface area contributed by atoms with Crippen LogP contribution < -0.4 is 5.32 Å². The molecule has 1 aromatic heterocycles. The largest absolute Gasteiger partial charge is 0.312 e. The van der Waals surface area contributed by atoms with Crippen molar-refractivity contribution in [2.45, 2.75) is 32.7 Å². The highest BCUT2D eigenvalue weighted by Gasteiger charge is 2.14. The number of nitrogens with one attached hydrogen (secondary N) is 1. The molecule has 0 saturated heterocycles. The van der Waals surface area contributed by atoms with Gasteiger partial charge >= 0.3 is 0 Å². The number of fused-ring (bicyclic) bond motifs is 1. The number of pyridine rings is 1. The maximum atomic E-state index is 4.42. The SMILES string of the molecule is CC(C)c1ccnc2c1CNCC2. The van der Waals surface area contributed by atoms with Crippen LogP contribution in [-0.2, 0) is 13.0 Å². The fourth-order valence-electron chi connectivity index (χ4n) is 1.93. The molecule has 0 bridgehead atoms. The maximum Gasteiger partial charge on any atom is 0.0464 e. The van der Waals surface area contributed by atoms with E-state index in [1.165, 1.54) is 16.8 Å². The molecular weight excluding hydrogens is 160 g/mol. The van der Waals surface area contributed by atoms with E-state index >= 15 is 0 Å². The minimum atomic E-state index is 0.608. The van der Waals surface area contributed by atoms with E-state index in [1.54, 1.807) is 0 Å². The molecule has 1 aliphatic heterocycles. The molecule has 0 radical (unpaired) electrons. The summed E-state index contributed by atoms with van der Waals surface area (Å²) in [6.07, 6.45) is 3.02. The van der Waals surface area contributed by atoms with Crippen LogP contribution in [0.1, 0.15) is 36.6 Å². The van der Waals surface area contributed by atoms with Crippen molar-refractivity contribution in [2.24, 2.45) is 0 Å². The van der Waals surface area contributed by atoms with Crippen LogP contribution >= 0.6 is 0 Å². The summed E-state index contributed by atoms with van der Waals surface area (Å²) < 4.78 is 0. The average molecular weight is 176 g/mol. The van der Waals surface area contributed by atoms with Gasteiger partial charge in [0, 0.05) is 31.4 Å². The fraction of sp³-hybridized carbons (Fsp3) is 0.545. The van der Waals surface area contributed by atoms with Gasteiger partial charge in [0.1, 0.15) is 0 Å². The van der Waals surface area contributed by atoms with Crippen molar-refractivity contribution < 1.29 is 0 Å². The summed E-state index contributed by atoms with van der Waals surface area (Å²) in [5.41, 5.74) is 4.19. The normalized spacial score (nSPS) is 15.9. The molecular formula is C11H16N2. The molecule has 1 aromatic rings. The van der Waals surface area contributed by atoms with Crippen LogP contribution in [-0.4, -0.2) is 11.5 Å². The Hall–Kier alpha value is -0.890. The average Bonchev–Trinajstić information content (AvgIpc) is 2.17. The van der Waals surface area contributed by atoms with E-state index in [9.17, 15) is 0 Å². The summed E-state index contributed by atoms with van der Waals surface area (Å²) in [6.45, 7) is 6.55. The Kier molecular flexibility index (Phi) is 2.32. The second-order valence-corrected chi connectivity index (χ2v) is 3.91. The van der Waals surface area contributed by atoms with Crippen molar-refractivity contribution in [1.29, 1.82) is 0 Å². The van der Waals surface area contributed by atoms with Gasteiger partial charge in [0.2, 0.25) is 0 Å². The molecule has 0 saturated carbocycles. The summed E-state index contributed by atoms with van der Waals surface area (Å²) in [6, 6.07) is 2.15. The van der Waals surface area contributed by atoms with Crippen molar-refractivity contribution in [3.05, 3.63) is 29.1 Å². The van der Waals surface area contributed by atoms with Gasteiger partial charge in [0.05, 0.1) is 0 Å². The molecule has 0 aromatic carbocycles. The molecule has 0 amide bonds. The Labute approximate surface area is 79.4 Å². The first kappa shape index (κ1) is 8.70. The van der Waals surface area contributed by atoms with Gasteiger partial charge in [-0.25, -0.2) is 0 Å². The van der Waals surface area contributed by atoms with E-state index < -0.39 is 0 Å². The predicted molar refractivity (Wildman–Crippen MR) is 53.7 cm³/mol. The lowest BCUT2D eigenvalue weighted by Crippen LogP contribution is -2.25. The maximum absolute atomic E-state index is 4.42. The van der Waals surface area contributed by atoms with Crippen molar-refractivity contribution in [3.63, 3.8) is 0 Å². The Bertz CT molecular complexity index is 305. The third-order valence-corrected chi connectivity index (χ3v) is 2.64. The molecule has 2 heterocycles. The van der Waals surface area contributed by atoms with Crippen LogP contribution in [0, 0.1) is 0 Å². The summed E-state index contributed by atoms with van der Waals surface area (Å²) in [7, 11) is 0. The summed E-state index contributed by atoms with van der Waals surface area (Å²) >= 11 is 0. The van der Waals surface area contributed by atoms with Gasteiger partial charge in [0.15, 0.2) is 0 Å². The Morgan fingerprint density at radius 2 is 2.31 bits per heavy atom. The quantitative estimate of drug-likeness (QED) is 0.706. The lowest BCUT2D eigenvalue weighted by molar-refractivity contribution is 0.618. The molecule has 0 fully saturated rings. The molecule has 2 nitrogen and oxygen atoms in total. The highest BCUT2D eigenvalue weighted by atomic mass is 14.9. The molecule has 70 valence electrons. The van der Waals surface area contributed by atoms with Gasteiger partial charge in [-0.3, -0.25) is 4.98 Å². The van der Waals surface area contributed by atoms with Crippen LogP contribution in [0.2, 0.25) is 0 Å². The summed E-state index contributed by atoms with van der Waals surface area (Å²) in [4.78, 5) is 4.42. The first-order valence-corrected chi connectivity index (χ1v) is 4.96. The zero-order valence-corrected chi connectivity index (χ0v) is 8.30. The van der Waals surface area contributed by atoms with E-state index in [0.717, 1.165) is 19.5 Å². The minimum absolute atomic E-state index is 0.608. The minimum Gasteiger partial charge on any atom is -0.312 e. The Morgan fingerprint density at radius 1 is 1.46 bits per heavy atom. The number of hydrogen-bond acceptors (Lipinski definition) is 2. The van der Waals surface area contributed by atoms with Gasteiger partial charge in [-0.2, -0.15) is 0 Å². The first-order valence-electron chi connectivity index (χ1n) is 4.96. The first-order chi connectivity index (χ1) is 6.29. The van der Waals surface area contributed by atoms with Gasteiger partial charge in [-0.15, -0.1) is 0 Å². The molecule has 2 heteroatoms. The van der Waals surface area contributed by atoms with Crippen LogP contribution in [0.15, 0.2) is 12.3 Å².